The summed E-state index contributed by atoms with van der Waals surface area (Å²) in [5.74, 6) is 3.19. The smallest absolute Gasteiger partial charge is 0.196 e. The standard InChI is InChI=1S/C25H26ClN5O2S/c1-30(15-19-13-22(32-2)7-8-23(19)33-3)16-24-28-29-25(34-17-18-9-11-27-12-10-18)31(24)21-6-4-5-20(26)14-21/h4-14H,15-17H2,1-3H3. The Hall–Kier alpha value is -3.07. The van der Waals surface area contributed by atoms with Crippen LogP contribution in [0, 0.1) is 0 Å². The molecule has 0 atom stereocenters. The first-order valence-electron chi connectivity index (χ1n) is 10.7. The van der Waals surface area contributed by atoms with E-state index in [1.165, 1.54) is 5.56 Å². The van der Waals surface area contributed by atoms with Crippen molar-refractivity contribution in [2.75, 3.05) is 21.3 Å². The summed E-state index contributed by atoms with van der Waals surface area (Å²) in [6, 6.07) is 17.5. The molecule has 0 spiro atoms. The zero-order chi connectivity index (χ0) is 23.9. The van der Waals surface area contributed by atoms with E-state index in [9.17, 15) is 0 Å². The first kappa shape index (κ1) is 24.1. The fourth-order valence-corrected chi connectivity index (χ4v) is 4.70. The highest BCUT2D eigenvalue weighted by molar-refractivity contribution is 7.98. The molecule has 2 heterocycles. The van der Waals surface area contributed by atoms with Gasteiger partial charge in [0.1, 0.15) is 11.5 Å². The third-order valence-electron chi connectivity index (χ3n) is 5.22. The van der Waals surface area contributed by atoms with Crippen LogP contribution in [0.2, 0.25) is 5.02 Å². The Labute approximate surface area is 208 Å². The minimum Gasteiger partial charge on any atom is -0.497 e. The van der Waals surface area contributed by atoms with E-state index in [2.05, 4.69) is 24.6 Å². The zero-order valence-corrected chi connectivity index (χ0v) is 20.9. The van der Waals surface area contributed by atoms with E-state index in [1.54, 1.807) is 38.4 Å². The molecule has 4 aromatic rings. The van der Waals surface area contributed by atoms with Crippen LogP contribution in [-0.2, 0) is 18.8 Å². The van der Waals surface area contributed by atoms with E-state index >= 15 is 0 Å². The Morgan fingerprint density at radius 2 is 1.79 bits per heavy atom. The number of benzene rings is 2. The lowest BCUT2D eigenvalue weighted by molar-refractivity contribution is 0.299. The number of hydrogen-bond acceptors (Lipinski definition) is 7. The third-order valence-corrected chi connectivity index (χ3v) is 6.46. The van der Waals surface area contributed by atoms with Gasteiger partial charge in [0.15, 0.2) is 11.0 Å². The van der Waals surface area contributed by atoms with Crippen LogP contribution in [0.15, 0.2) is 72.1 Å². The largest absolute Gasteiger partial charge is 0.497 e. The average molecular weight is 496 g/mol. The lowest BCUT2D eigenvalue weighted by atomic mass is 10.1. The molecule has 0 fully saturated rings. The summed E-state index contributed by atoms with van der Waals surface area (Å²) in [4.78, 5) is 6.26. The number of hydrogen-bond donors (Lipinski definition) is 0. The molecule has 0 saturated heterocycles. The Morgan fingerprint density at radius 1 is 0.971 bits per heavy atom. The monoisotopic (exact) mass is 495 g/mol. The van der Waals surface area contributed by atoms with E-state index in [4.69, 9.17) is 21.1 Å². The van der Waals surface area contributed by atoms with Crippen LogP contribution >= 0.6 is 23.4 Å². The Morgan fingerprint density at radius 3 is 2.53 bits per heavy atom. The second-order valence-corrected chi connectivity index (χ2v) is 9.09. The van der Waals surface area contributed by atoms with E-state index in [0.29, 0.717) is 18.1 Å². The number of aromatic nitrogens is 4. The van der Waals surface area contributed by atoms with Gasteiger partial charge in [-0.25, -0.2) is 0 Å². The van der Waals surface area contributed by atoms with Crippen molar-refractivity contribution in [3.8, 4) is 17.2 Å². The first-order chi connectivity index (χ1) is 16.6. The van der Waals surface area contributed by atoms with Crippen LogP contribution < -0.4 is 9.47 Å². The molecule has 176 valence electrons. The van der Waals surface area contributed by atoms with E-state index in [1.807, 2.05) is 61.6 Å². The number of methoxy groups -OCH3 is 2. The van der Waals surface area contributed by atoms with Crippen molar-refractivity contribution in [1.82, 2.24) is 24.6 Å². The molecule has 0 saturated carbocycles. The van der Waals surface area contributed by atoms with Crippen LogP contribution in [0.5, 0.6) is 11.5 Å². The zero-order valence-electron chi connectivity index (χ0n) is 19.3. The van der Waals surface area contributed by atoms with Crippen molar-refractivity contribution >= 4 is 23.4 Å². The van der Waals surface area contributed by atoms with Crippen molar-refractivity contribution in [3.63, 3.8) is 0 Å². The van der Waals surface area contributed by atoms with Crippen LogP contribution in [-0.4, -0.2) is 45.9 Å². The fraction of sp³-hybridized carbons (Fsp3) is 0.240. The van der Waals surface area contributed by atoms with Gasteiger partial charge in [-0.15, -0.1) is 10.2 Å². The first-order valence-corrected chi connectivity index (χ1v) is 12.0. The van der Waals surface area contributed by atoms with E-state index in [0.717, 1.165) is 39.5 Å². The Bertz CT molecular complexity index is 1240. The van der Waals surface area contributed by atoms with Gasteiger partial charge in [0.05, 0.1) is 26.5 Å². The minimum atomic E-state index is 0.579. The second kappa shape index (κ2) is 11.4. The van der Waals surface area contributed by atoms with Gasteiger partial charge in [-0.2, -0.15) is 0 Å². The van der Waals surface area contributed by atoms with Crippen LogP contribution in [0.4, 0.5) is 0 Å². The predicted molar refractivity (Wildman–Crippen MR) is 135 cm³/mol. The molecule has 0 aliphatic rings. The van der Waals surface area contributed by atoms with Crippen molar-refractivity contribution < 1.29 is 9.47 Å². The van der Waals surface area contributed by atoms with E-state index in [-0.39, 0.29) is 0 Å². The molecule has 0 amide bonds. The van der Waals surface area contributed by atoms with E-state index < -0.39 is 0 Å². The molecule has 9 heteroatoms. The predicted octanol–water partition coefficient (Wildman–Crippen LogP) is 5.26. The van der Waals surface area contributed by atoms with Gasteiger partial charge >= 0.3 is 0 Å². The van der Waals surface area contributed by atoms with Crippen LogP contribution in [0.3, 0.4) is 0 Å². The Kier molecular flexibility index (Phi) is 8.05. The number of halogens is 1. The summed E-state index contributed by atoms with van der Waals surface area (Å²) in [6.45, 7) is 1.23. The van der Waals surface area contributed by atoms with Crippen molar-refractivity contribution in [2.24, 2.45) is 0 Å². The lowest BCUT2D eigenvalue weighted by Crippen LogP contribution is -2.20. The summed E-state index contributed by atoms with van der Waals surface area (Å²) in [5.41, 5.74) is 3.13. The highest BCUT2D eigenvalue weighted by atomic mass is 35.5. The quantitative estimate of drug-likeness (QED) is 0.278. The number of nitrogens with zero attached hydrogens (tertiary/aromatic N) is 5. The van der Waals surface area contributed by atoms with Crippen molar-refractivity contribution in [1.29, 1.82) is 0 Å². The topological polar surface area (TPSA) is 65.3 Å². The summed E-state index contributed by atoms with van der Waals surface area (Å²) >= 11 is 7.94. The molecule has 4 rings (SSSR count). The minimum absolute atomic E-state index is 0.579. The van der Waals surface area contributed by atoms with Gasteiger partial charge in [-0.05, 0) is 61.1 Å². The number of thioether (sulfide) groups is 1. The van der Waals surface area contributed by atoms with Gasteiger partial charge in [0, 0.05) is 35.3 Å². The Balaban J connectivity index is 1.59. The van der Waals surface area contributed by atoms with Gasteiger partial charge in [0.25, 0.3) is 0 Å². The molecular formula is C25H26ClN5O2S. The molecule has 0 N–H and O–H groups in total. The molecule has 7 nitrogen and oxygen atoms in total. The third kappa shape index (κ3) is 5.88. The fourth-order valence-electron chi connectivity index (χ4n) is 3.59. The van der Waals surface area contributed by atoms with Crippen LogP contribution in [0.25, 0.3) is 5.69 Å². The molecule has 0 unspecified atom stereocenters. The molecule has 0 bridgehead atoms. The summed E-state index contributed by atoms with van der Waals surface area (Å²) < 4.78 is 13.0. The normalized spacial score (nSPS) is 11.1. The molecule has 0 aliphatic heterocycles. The SMILES string of the molecule is COc1ccc(OC)c(CN(C)Cc2nnc(SCc3ccncc3)n2-c2cccc(Cl)c2)c1. The van der Waals surface area contributed by atoms with Gasteiger partial charge in [-0.3, -0.25) is 14.5 Å². The average Bonchev–Trinajstić information content (AvgIpc) is 3.25. The summed E-state index contributed by atoms with van der Waals surface area (Å²) in [6.07, 6.45) is 3.59. The molecule has 0 radical (unpaired) electrons. The molecule has 0 aliphatic carbocycles. The molecule has 2 aromatic heterocycles. The summed E-state index contributed by atoms with van der Waals surface area (Å²) in [5, 5.41) is 10.5. The van der Waals surface area contributed by atoms with Crippen LogP contribution in [0.1, 0.15) is 17.0 Å². The molecule has 2 aromatic carbocycles. The van der Waals surface area contributed by atoms with Gasteiger partial charge < -0.3 is 9.47 Å². The highest BCUT2D eigenvalue weighted by Crippen LogP contribution is 2.28. The molecule has 34 heavy (non-hydrogen) atoms. The number of ether oxygens (including phenoxy) is 2. The second-order valence-electron chi connectivity index (χ2n) is 7.71. The number of rotatable bonds is 10. The maximum absolute atomic E-state index is 6.31. The lowest BCUT2D eigenvalue weighted by Gasteiger charge is -2.19. The highest BCUT2D eigenvalue weighted by Gasteiger charge is 2.18. The van der Waals surface area contributed by atoms with Crippen molar-refractivity contribution in [3.05, 3.63) is 89.0 Å². The van der Waals surface area contributed by atoms with Gasteiger partial charge in [-0.1, -0.05) is 29.4 Å². The molecular weight excluding hydrogens is 470 g/mol. The summed E-state index contributed by atoms with van der Waals surface area (Å²) in [7, 11) is 5.38. The maximum atomic E-state index is 6.31. The van der Waals surface area contributed by atoms with Crippen molar-refractivity contribution in [2.45, 2.75) is 24.0 Å². The van der Waals surface area contributed by atoms with Gasteiger partial charge in [0.2, 0.25) is 0 Å². The maximum Gasteiger partial charge on any atom is 0.196 e. The number of pyridine rings is 1.